The molecule has 1 N–H and O–H groups in total. The van der Waals surface area contributed by atoms with E-state index in [-0.39, 0.29) is 11.4 Å². The highest BCUT2D eigenvalue weighted by molar-refractivity contribution is 7.92. The van der Waals surface area contributed by atoms with Crippen LogP contribution in [0.25, 0.3) is 0 Å². The van der Waals surface area contributed by atoms with Crippen LogP contribution in [0.15, 0.2) is 18.2 Å². The Kier molecular flexibility index (Phi) is 4.33. The van der Waals surface area contributed by atoms with E-state index in [9.17, 15) is 18.5 Å². The van der Waals surface area contributed by atoms with Crippen molar-refractivity contribution >= 4 is 27.1 Å². The number of piperazine rings is 1. The van der Waals surface area contributed by atoms with Crippen LogP contribution in [0.1, 0.15) is 0 Å². The van der Waals surface area contributed by atoms with Crippen molar-refractivity contribution in [2.75, 3.05) is 49.1 Å². The van der Waals surface area contributed by atoms with Gasteiger partial charge >= 0.3 is 0 Å². The van der Waals surface area contributed by atoms with E-state index in [1.165, 1.54) is 12.1 Å². The van der Waals surface area contributed by atoms with Crippen LogP contribution in [0.2, 0.25) is 0 Å². The molecule has 2 rings (SSSR count). The Balaban J connectivity index is 2.37. The van der Waals surface area contributed by atoms with Crippen LogP contribution in [0, 0.1) is 10.1 Å². The summed E-state index contributed by atoms with van der Waals surface area (Å²) in [7, 11) is -1.48. The molecule has 0 saturated carbocycles. The first-order valence-electron chi connectivity index (χ1n) is 6.46. The molecule has 0 spiro atoms. The van der Waals surface area contributed by atoms with Gasteiger partial charge in [-0.1, -0.05) is 0 Å². The van der Waals surface area contributed by atoms with Gasteiger partial charge in [0.15, 0.2) is 0 Å². The number of nitro benzene ring substituents is 1. The minimum atomic E-state index is -3.50. The van der Waals surface area contributed by atoms with Crippen molar-refractivity contribution in [3.05, 3.63) is 28.3 Å². The van der Waals surface area contributed by atoms with Crippen LogP contribution in [-0.2, 0) is 10.0 Å². The maximum atomic E-state index is 11.5. The zero-order valence-electron chi connectivity index (χ0n) is 11.9. The molecule has 9 heteroatoms. The monoisotopic (exact) mass is 314 g/mol. The lowest BCUT2D eigenvalue weighted by molar-refractivity contribution is -0.384. The lowest BCUT2D eigenvalue weighted by Crippen LogP contribution is -2.44. The molecule has 21 heavy (non-hydrogen) atoms. The number of nitrogens with one attached hydrogen (secondary N) is 1. The highest BCUT2D eigenvalue weighted by Gasteiger charge is 2.20. The molecule has 0 bridgehead atoms. The molecule has 0 amide bonds. The summed E-state index contributed by atoms with van der Waals surface area (Å²) in [6.45, 7) is 3.20. The normalized spacial score (nSPS) is 16.8. The SMILES string of the molecule is CN1CCN(c2ccc([N+](=O)[O-])cc2NS(C)(=O)=O)CC1. The zero-order chi connectivity index (χ0) is 15.6. The molecule has 8 nitrogen and oxygen atoms in total. The number of benzene rings is 1. The second-order valence-electron chi connectivity index (χ2n) is 5.12. The Morgan fingerprint density at radius 1 is 1.24 bits per heavy atom. The predicted molar refractivity (Wildman–Crippen MR) is 81.3 cm³/mol. The van der Waals surface area contributed by atoms with Gasteiger partial charge in [0, 0.05) is 38.3 Å². The fourth-order valence-electron chi connectivity index (χ4n) is 2.24. The Bertz CT molecular complexity index is 639. The molecule has 0 radical (unpaired) electrons. The first-order chi connectivity index (χ1) is 9.76. The summed E-state index contributed by atoms with van der Waals surface area (Å²) in [5, 5.41) is 10.9. The van der Waals surface area contributed by atoms with Gasteiger partial charge in [-0.15, -0.1) is 0 Å². The second-order valence-corrected chi connectivity index (χ2v) is 6.87. The van der Waals surface area contributed by atoms with Crippen molar-refractivity contribution in [2.45, 2.75) is 0 Å². The van der Waals surface area contributed by atoms with Gasteiger partial charge in [0.05, 0.1) is 22.6 Å². The maximum absolute atomic E-state index is 11.5. The van der Waals surface area contributed by atoms with Crippen molar-refractivity contribution in [2.24, 2.45) is 0 Å². The third-order valence-electron chi connectivity index (χ3n) is 3.33. The fourth-order valence-corrected chi connectivity index (χ4v) is 2.81. The number of anilines is 2. The zero-order valence-corrected chi connectivity index (χ0v) is 12.8. The second kappa shape index (κ2) is 5.86. The van der Waals surface area contributed by atoms with Crippen molar-refractivity contribution in [1.29, 1.82) is 0 Å². The summed E-state index contributed by atoms with van der Waals surface area (Å²) in [6.07, 6.45) is 1.03. The molecule has 0 unspecified atom stereocenters. The highest BCUT2D eigenvalue weighted by Crippen LogP contribution is 2.31. The van der Waals surface area contributed by atoms with E-state index in [1.807, 2.05) is 11.9 Å². The fraction of sp³-hybridized carbons (Fsp3) is 0.500. The Morgan fingerprint density at radius 2 is 1.86 bits per heavy atom. The summed E-state index contributed by atoms with van der Waals surface area (Å²) >= 11 is 0. The molecular formula is C12H18N4O4S. The molecule has 1 heterocycles. The minimum Gasteiger partial charge on any atom is -0.367 e. The quantitative estimate of drug-likeness (QED) is 0.650. The molecule has 1 fully saturated rings. The van der Waals surface area contributed by atoms with Crippen LogP contribution in [0.3, 0.4) is 0 Å². The van der Waals surface area contributed by atoms with E-state index in [4.69, 9.17) is 0 Å². The maximum Gasteiger partial charge on any atom is 0.271 e. The van der Waals surface area contributed by atoms with E-state index in [0.717, 1.165) is 32.4 Å². The van der Waals surface area contributed by atoms with Crippen molar-refractivity contribution in [1.82, 2.24) is 4.90 Å². The van der Waals surface area contributed by atoms with Gasteiger partial charge in [-0.05, 0) is 13.1 Å². The van der Waals surface area contributed by atoms with E-state index in [0.29, 0.717) is 5.69 Å². The smallest absolute Gasteiger partial charge is 0.271 e. The third kappa shape index (κ3) is 4.05. The third-order valence-corrected chi connectivity index (χ3v) is 3.92. The molecule has 1 aromatic carbocycles. The number of nitrogens with zero attached hydrogens (tertiary/aromatic N) is 3. The van der Waals surface area contributed by atoms with Gasteiger partial charge in [-0.2, -0.15) is 0 Å². The molecule has 1 aliphatic heterocycles. The summed E-state index contributed by atoms with van der Waals surface area (Å²) in [6, 6.07) is 4.24. The Hall–Kier alpha value is -1.87. The minimum absolute atomic E-state index is 0.140. The summed E-state index contributed by atoms with van der Waals surface area (Å²) in [5.41, 5.74) is 0.773. The first-order valence-corrected chi connectivity index (χ1v) is 8.35. The average molecular weight is 314 g/mol. The lowest BCUT2D eigenvalue weighted by atomic mass is 10.2. The molecule has 1 aliphatic rings. The molecule has 116 valence electrons. The number of non-ortho nitro benzene ring substituents is 1. The molecule has 0 atom stereocenters. The first kappa shape index (κ1) is 15.5. The molecule has 1 aromatic rings. The van der Waals surface area contributed by atoms with Crippen LogP contribution in [0.4, 0.5) is 17.1 Å². The number of rotatable bonds is 4. The number of sulfonamides is 1. The van der Waals surface area contributed by atoms with Crippen molar-refractivity contribution in [3.63, 3.8) is 0 Å². The average Bonchev–Trinajstić information content (AvgIpc) is 2.38. The van der Waals surface area contributed by atoms with E-state index >= 15 is 0 Å². The van der Waals surface area contributed by atoms with Gasteiger partial charge in [0.25, 0.3) is 5.69 Å². The van der Waals surface area contributed by atoms with Crippen LogP contribution < -0.4 is 9.62 Å². The van der Waals surface area contributed by atoms with Crippen LogP contribution in [0.5, 0.6) is 0 Å². The van der Waals surface area contributed by atoms with Crippen LogP contribution in [-0.4, -0.2) is 57.7 Å². The van der Waals surface area contributed by atoms with Crippen molar-refractivity contribution in [3.8, 4) is 0 Å². The highest BCUT2D eigenvalue weighted by atomic mass is 32.2. The summed E-state index contributed by atoms with van der Waals surface area (Å²) in [4.78, 5) is 14.5. The molecular weight excluding hydrogens is 296 g/mol. The summed E-state index contributed by atoms with van der Waals surface area (Å²) < 4.78 is 25.3. The van der Waals surface area contributed by atoms with Gasteiger partial charge in [0.1, 0.15) is 0 Å². The van der Waals surface area contributed by atoms with Gasteiger partial charge in [0.2, 0.25) is 10.0 Å². The molecule has 0 aromatic heterocycles. The standard InChI is InChI=1S/C12H18N4O4S/c1-14-5-7-15(8-6-14)12-4-3-10(16(17)18)9-11(12)13-21(2,19)20/h3-4,9,13H,5-8H2,1-2H3. The Morgan fingerprint density at radius 3 is 2.38 bits per heavy atom. The van der Waals surface area contributed by atoms with Crippen LogP contribution >= 0.6 is 0 Å². The Labute approximate surface area is 123 Å². The van der Waals surface area contributed by atoms with Gasteiger partial charge in [-0.3, -0.25) is 14.8 Å². The number of likely N-dealkylation sites (N-methyl/N-ethyl adjacent to an activating group) is 1. The van der Waals surface area contributed by atoms with Crippen molar-refractivity contribution < 1.29 is 13.3 Å². The number of hydrogen-bond donors (Lipinski definition) is 1. The van der Waals surface area contributed by atoms with Gasteiger partial charge < -0.3 is 9.80 Å². The lowest BCUT2D eigenvalue weighted by Gasteiger charge is -2.35. The van der Waals surface area contributed by atoms with E-state index in [1.54, 1.807) is 6.07 Å². The predicted octanol–water partition coefficient (Wildman–Crippen LogP) is 0.718. The summed E-state index contributed by atoms with van der Waals surface area (Å²) in [5.74, 6) is 0. The molecule has 1 saturated heterocycles. The topological polar surface area (TPSA) is 95.8 Å². The van der Waals surface area contributed by atoms with E-state index in [2.05, 4.69) is 9.62 Å². The molecule has 0 aliphatic carbocycles. The number of hydrogen-bond acceptors (Lipinski definition) is 6. The largest absolute Gasteiger partial charge is 0.367 e. The number of nitro groups is 1. The van der Waals surface area contributed by atoms with E-state index < -0.39 is 14.9 Å². The van der Waals surface area contributed by atoms with Gasteiger partial charge in [-0.25, -0.2) is 8.42 Å².